The van der Waals surface area contributed by atoms with Crippen molar-refractivity contribution in [3.8, 4) is 5.75 Å². The number of hydrogen-bond acceptors (Lipinski definition) is 4. The normalized spacial score (nSPS) is 18.2. The summed E-state index contributed by atoms with van der Waals surface area (Å²) < 4.78 is 0. The Morgan fingerprint density at radius 3 is 2.67 bits per heavy atom. The molecule has 114 valence electrons. The minimum Gasteiger partial charge on any atom is -0.507 e. The van der Waals surface area contributed by atoms with Gasteiger partial charge in [-0.05, 0) is 38.1 Å². The van der Waals surface area contributed by atoms with Gasteiger partial charge in [-0.1, -0.05) is 23.8 Å². The SMILES string of the molecule is CN1CCC(NC(=O)c2cc(Cl)ccc2O)(C(N)=S)CC1. The minimum absolute atomic E-state index is 0.122. The van der Waals surface area contributed by atoms with Gasteiger partial charge in [0.05, 0.1) is 16.1 Å². The van der Waals surface area contributed by atoms with E-state index in [-0.39, 0.29) is 16.3 Å². The molecule has 1 aromatic rings. The molecule has 0 spiro atoms. The van der Waals surface area contributed by atoms with Crippen LogP contribution >= 0.6 is 23.8 Å². The van der Waals surface area contributed by atoms with Crippen molar-refractivity contribution in [3.05, 3.63) is 28.8 Å². The predicted molar refractivity (Wildman–Crippen MR) is 86.8 cm³/mol. The summed E-state index contributed by atoms with van der Waals surface area (Å²) in [6, 6.07) is 4.33. The molecule has 0 atom stereocenters. The van der Waals surface area contributed by atoms with Crippen LogP contribution in [0.1, 0.15) is 23.2 Å². The van der Waals surface area contributed by atoms with Crippen LogP contribution in [0.25, 0.3) is 0 Å². The first-order chi connectivity index (χ1) is 9.84. The number of phenols is 1. The van der Waals surface area contributed by atoms with Gasteiger partial charge in [-0.3, -0.25) is 4.79 Å². The molecular weight excluding hydrogens is 310 g/mol. The fourth-order valence-corrected chi connectivity index (χ4v) is 2.84. The lowest BCUT2D eigenvalue weighted by atomic mass is 9.87. The van der Waals surface area contributed by atoms with E-state index < -0.39 is 11.4 Å². The highest BCUT2D eigenvalue weighted by Crippen LogP contribution is 2.26. The van der Waals surface area contributed by atoms with Crippen molar-refractivity contribution in [2.24, 2.45) is 5.73 Å². The van der Waals surface area contributed by atoms with E-state index in [1.807, 2.05) is 7.05 Å². The molecule has 1 aliphatic rings. The molecule has 2 rings (SSSR count). The predicted octanol–water partition coefficient (Wildman–Crippen LogP) is 1.53. The molecule has 1 aliphatic heterocycles. The van der Waals surface area contributed by atoms with Crippen molar-refractivity contribution in [3.63, 3.8) is 0 Å². The third-order valence-corrected chi connectivity index (χ3v) is 4.49. The van der Waals surface area contributed by atoms with Gasteiger partial charge in [0.25, 0.3) is 5.91 Å². The zero-order valence-electron chi connectivity index (χ0n) is 11.7. The van der Waals surface area contributed by atoms with E-state index in [9.17, 15) is 9.90 Å². The fraction of sp³-hybridized carbons (Fsp3) is 0.429. The average molecular weight is 328 g/mol. The first-order valence-electron chi connectivity index (χ1n) is 6.63. The minimum atomic E-state index is -0.715. The van der Waals surface area contributed by atoms with Gasteiger partial charge in [0, 0.05) is 18.1 Å². The molecule has 21 heavy (non-hydrogen) atoms. The molecule has 4 N–H and O–H groups in total. The van der Waals surface area contributed by atoms with Crippen LogP contribution in [0.4, 0.5) is 0 Å². The molecule has 7 heteroatoms. The molecule has 0 radical (unpaired) electrons. The number of carbonyl (C=O) groups excluding carboxylic acids is 1. The van der Waals surface area contributed by atoms with Gasteiger partial charge in [-0.25, -0.2) is 0 Å². The lowest BCUT2D eigenvalue weighted by molar-refractivity contribution is 0.0887. The van der Waals surface area contributed by atoms with Gasteiger partial charge < -0.3 is 21.1 Å². The van der Waals surface area contributed by atoms with E-state index in [1.165, 1.54) is 18.2 Å². The second kappa shape index (κ2) is 6.17. The summed E-state index contributed by atoms with van der Waals surface area (Å²) in [5, 5.41) is 13.1. The number of benzene rings is 1. The second-order valence-electron chi connectivity index (χ2n) is 5.37. The molecule has 1 heterocycles. The summed E-state index contributed by atoms with van der Waals surface area (Å²) >= 11 is 11.0. The van der Waals surface area contributed by atoms with Crippen molar-refractivity contribution in [1.29, 1.82) is 0 Å². The number of rotatable bonds is 3. The molecule has 1 aromatic carbocycles. The van der Waals surface area contributed by atoms with Gasteiger partial charge >= 0.3 is 0 Å². The first kappa shape index (κ1) is 16.0. The molecule has 1 saturated heterocycles. The van der Waals surface area contributed by atoms with E-state index in [1.54, 1.807) is 0 Å². The van der Waals surface area contributed by atoms with E-state index in [2.05, 4.69) is 10.2 Å². The Morgan fingerprint density at radius 2 is 2.10 bits per heavy atom. The number of phenolic OH excluding ortho intramolecular Hbond substituents is 1. The van der Waals surface area contributed by atoms with E-state index in [0.29, 0.717) is 17.9 Å². The number of aromatic hydroxyl groups is 1. The number of amides is 1. The van der Waals surface area contributed by atoms with Gasteiger partial charge in [-0.2, -0.15) is 0 Å². The standard InChI is InChI=1S/C14H18ClN3O2S/c1-18-6-4-14(5-7-18,13(16)21)17-12(20)10-8-9(15)2-3-11(10)19/h2-3,8,19H,4-7H2,1H3,(H2,16,21)(H,17,20). The summed E-state index contributed by atoms with van der Waals surface area (Å²) in [6.07, 6.45) is 1.29. The number of nitrogens with one attached hydrogen (secondary N) is 1. The summed E-state index contributed by atoms with van der Waals surface area (Å²) in [5.74, 6) is -0.546. The van der Waals surface area contributed by atoms with Gasteiger partial charge in [0.15, 0.2) is 0 Å². The highest BCUT2D eigenvalue weighted by molar-refractivity contribution is 7.80. The summed E-state index contributed by atoms with van der Waals surface area (Å²) in [4.78, 5) is 14.8. The summed E-state index contributed by atoms with van der Waals surface area (Å²) in [6.45, 7) is 1.58. The number of nitrogens with zero attached hydrogens (tertiary/aromatic N) is 1. The molecule has 0 saturated carbocycles. The molecule has 1 amide bonds. The molecule has 0 aliphatic carbocycles. The molecule has 0 aromatic heterocycles. The quantitative estimate of drug-likeness (QED) is 0.734. The number of nitrogens with two attached hydrogens (primary N) is 1. The van der Waals surface area contributed by atoms with Crippen LogP contribution in [-0.4, -0.2) is 46.6 Å². The number of carbonyl (C=O) groups is 1. The number of hydrogen-bond donors (Lipinski definition) is 3. The smallest absolute Gasteiger partial charge is 0.255 e. The van der Waals surface area contributed by atoms with Crippen LogP contribution in [0.5, 0.6) is 5.75 Å². The lowest BCUT2D eigenvalue weighted by Gasteiger charge is -2.40. The monoisotopic (exact) mass is 327 g/mol. The Kier molecular flexibility index (Phi) is 4.70. The highest BCUT2D eigenvalue weighted by atomic mass is 35.5. The maximum atomic E-state index is 12.4. The molecule has 0 bridgehead atoms. The molecule has 5 nitrogen and oxygen atoms in total. The van der Waals surface area contributed by atoms with Gasteiger partial charge in [-0.15, -0.1) is 0 Å². The van der Waals surface area contributed by atoms with E-state index >= 15 is 0 Å². The Bertz CT molecular complexity index is 571. The molecule has 1 fully saturated rings. The molecular formula is C14H18ClN3O2S. The maximum Gasteiger partial charge on any atom is 0.255 e. The maximum absolute atomic E-state index is 12.4. The van der Waals surface area contributed by atoms with Crippen molar-refractivity contribution < 1.29 is 9.90 Å². The lowest BCUT2D eigenvalue weighted by Crippen LogP contribution is -2.61. The number of thiocarbonyl (C=S) groups is 1. The Morgan fingerprint density at radius 1 is 1.48 bits per heavy atom. The zero-order valence-corrected chi connectivity index (χ0v) is 13.3. The van der Waals surface area contributed by atoms with Crippen molar-refractivity contribution in [2.45, 2.75) is 18.4 Å². The van der Waals surface area contributed by atoms with Gasteiger partial charge in [0.2, 0.25) is 0 Å². The third-order valence-electron chi connectivity index (χ3n) is 3.87. The second-order valence-corrected chi connectivity index (χ2v) is 6.24. The average Bonchev–Trinajstić information content (AvgIpc) is 2.44. The Hall–Kier alpha value is -1.37. The highest BCUT2D eigenvalue weighted by Gasteiger charge is 2.38. The van der Waals surface area contributed by atoms with Crippen molar-refractivity contribution in [1.82, 2.24) is 10.2 Å². The van der Waals surface area contributed by atoms with Crippen LogP contribution in [0.15, 0.2) is 18.2 Å². The largest absolute Gasteiger partial charge is 0.507 e. The Balaban J connectivity index is 2.23. The van der Waals surface area contributed by atoms with E-state index in [0.717, 1.165) is 13.1 Å². The van der Waals surface area contributed by atoms with Crippen LogP contribution < -0.4 is 11.1 Å². The van der Waals surface area contributed by atoms with Gasteiger partial charge in [0.1, 0.15) is 5.75 Å². The Labute approximate surface area is 134 Å². The number of likely N-dealkylation sites (tertiary alicyclic amines) is 1. The first-order valence-corrected chi connectivity index (χ1v) is 7.42. The number of halogens is 1. The van der Waals surface area contributed by atoms with E-state index in [4.69, 9.17) is 29.6 Å². The van der Waals surface area contributed by atoms with Crippen molar-refractivity contribution in [2.75, 3.05) is 20.1 Å². The molecule has 0 unspecified atom stereocenters. The van der Waals surface area contributed by atoms with Crippen LogP contribution in [0.2, 0.25) is 5.02 Å². The zero-order chi connectivity index (χ0) is 15.6. The fourth-order valence-electron chi connectivity index (χ4n) is 2.41. The summed E-state index contributed by atoms with van der Waals surface area (Å²) in [7, 11) is 2.01. The van der Waals surface area contributed by atoms with Crippen LogP contribution in [-0.2, 0) is 0 Å². The van der Waals surface area contributed by atoms with Crippen LogP contribution in [0.3, 0.4) is 0 Å². The number of piperidine rings is 1. The topological polar surface area (TPSA) is 78.6 Å². The summed E-state index contributed by atoms with van der Waals surface area (Å²) in [5.41, 5.74) is 5.26. The third kappa shape index (κ3) is 3.45. The van der Waals surface area contributed by atoms with Crippen LogP contribution in [0, 0.1) is 0 Å². The van der Waals surface area contributed by atoms with Crippen molar-refractivity contribution >= 4 is 34.7 Å².